The van der Waals surface area contributed by atoms with E-state index in [4.69, 9.17) is 5.26 Å². The average Bonchev–Trinajstić information content (AvgIpc) is 2.43. The van der Waals surface area contributed by atoms with Crippen molar-refractivity contribution in [1.82, 2.24) is 0 Å². The third-order valence-corrected chi connectivity index (χ3v) is 1.88. The molecule has 0 amide bonds. The van der Waals surface area contributed by atoms with E-state index in [9.17, 15) is 4.79 Å². The molecule has 0 N–H and O–H groups in total. The lowest BCUT2D eigenvalue weighted by Crippen LogP contribution is -1.92. The fraction of sp³-hybridized carbons (Fsp3) is 0.143. The van der Waals surface area contributed by atoms with E-state index in [0.717, 1.165) is 5.56 Å². The van der Waals surface area contributed by atoms with Gasteiger partial charge in [-0.15, -0.1) is 0 Å². The molecule has 0 saturated heterocycles. The van der Waals surface area contributed by atoms with Crippen molar-refractivity contribution in [1.29, 1.82) is 5.26 Å². The van der Waals surface area contributed by atoms with Crippen LogP contribution in [0.15, 0.2) is 16.8 Å². The first-order valence-electron chi connectivity index (χ1n) is 2.75. The molecule has 0 spiro atoms. The van der Waals surface area contributed by atoms with Crippen LogP contribution in [0.4, 0.5) is 0 Å². The van der Waals surface area contributed by atoms with Crippen molar-refractivity contribution in [3.8, 4) is 6.07 Å². The normalized spacial score (nSPS) is 11.9. The molecule has 0 aliphatic carbocycles. The Balaban J connectivity index is 2.86. The summed E-state index contributed by atoms with van der Waals surface area (Å²) in [7, 11) is 0. The van der Waals surface area contributed by atoms with E-state index in [2.05, 4.69) is 0 Å². The molecular weight excluding hydrogens is 146 g/mol. The van der Waals surface area contributed by atoms with Gasteiger partial charge in [0.25, 0.3) is 0 Å². The van der Waals surface area contributed by atoms with E-state index >= 15 is 0 Å². The SMILES string of the molecule is N#CC(C=O)c1ccsc1. The molecule has 0 aliphatic heterocycles. The van der Waals surface area contributed by atoms with E-state index < -0.39 is 5.92 Å². The van der Waals surface area contributed by atoms with Crippen molar-refractivity contribution in [2.45, 2.75) is 5.92 Å². The monoisotopic (exact) mass is 151 g/mol. The van der Waals surface area contributed by atoms with Crippen molar-refractivity contribution in [3.63, 3.8) is 0 Å². The lowest BCUT2D eigenvalue weighted by atomic mass is 10.1. The number of carbonyl (C=O) groups is 1. The van der Waals surface area contributed by atoms with Crippen molar-refractivity contribution in [3.05, 3.63) is 22.4 Å². The molecule has 2 nitrogen and oxygen atoms in total. The summed E-state index contributed by atoms with van der Waals surface area (Å²) in [5.41, 5.74) is 0.794. The van der Waals surface area contributed by atoms with Gasteiger partial charge in [0, 0.05) is 0 Å². The van der Waals surface area contributed by atoms with Crippen LogP contribution in [0.25, 0.3) is 0 Å². The number of nitrogens with zero attached hydrogens (tertiary/aromatic N) is 1. The maximum atomic E-state index is 10.2. The minimum absolute atomic E-state index is 0.578. The molecule has 1 aromatic heterocycles. The molecule has 10 heavy (non-hydrogen) atoms. The Labute approximate surface area is 62.7 Å². The molecule has 1 rings (SSSR count). The van der Waals surface area contributed by atoms with Crippen LogP contribution in [0, 0.1) is 11.3 Å². The molecule has 0 radical (unpaired) electrons. The summed E-state index contributed by atoms with van der Waals surface area (Å²) in [6.45, 7) is 0. The second kappa shape index (κ2) is 3.14. The third kappa shape index (κ3) is 1.23. The largest absolute Gasteiger partial charge is 0.302 e. The van der Waals surface area contributed by atoms with Crippen molar-refractivity contribution < 1.29 is 4.79 Å². The standard InChI is InChI=1S/C7H5NOS/c8-3-7(4-9)6-1-2-10-5-6/h1-2,4-5,7H. The highest BCUT2D eigenvalue weighted by Crippen LogP contribution is 2.15. The molecule has 1 atom stereocenters. The number of aldehydes is 1. The Morgan fingerprint density at radius 2 is 2.60 bits per heavy atom. The van der Waals surface area contributed by atoms with Crippen LogP contribution in [-0.4, -0.2) is 6.29 Å². The van der Waals surface area contributed by atoms with E-state index in [-0.39, 0.29) is 0 Å². The summed E-state index contributed by atoms with van der Waals surface area (Å²) in [6, 6.07) is 3.68. The van der Waals surface area contributed by atoms with Crippen LogP contribution < -0.4 is 0 Å². The molecule has 0 aromatic carbocycles. The molecule has 0 aliphatic rings. The summed E-state index contributed by atoms with van der Waals surface area (Å²) < 4.78 is 0. The predicted octanol–water partition coefficient (Wildman–Crippen LogP) is 1.55. The number of thiophene rings is 1. The van der Waals surface area contributed by atoms with Gasteiger partial charge in [-0.1, -0.05) is 0 Å². The first-order valence-corrected chi connectivity index (χ1v) is 3.69. The van der Waals surface area contributed by atoms with E-state index in [1.807, 2.05) is 16.8 Å². The Morgan fingerprint density at radius 3 is 3.00 bits per heavy atom. The van der Waals surface area contributed by atoms with Gasteiger partial charge in [0.1, 0.15) is 12.2 Å². The fourth-order valence-corrected chi connectivity index (χ4v) is 1.33. The summed E-state index contributed by atoms with van der Waals surface area (Å²) in [4.78, 5) is 10.2. The Morgan fingerprint density at radius 1 is 1.80 bits per heavy atom. The summed E-state index contributed by atoms with van der Waals surface area (Å²) in [5, 5.41) is 12.1. The number of hydrogen-bond acceptors (Lipinski definition) is 3. The molecule has 1 aromatic rings. The first-order chi connectivity index (χ1) is 4.88. The number of hydrogen-bond donors (Lipinski definition) is 0. The molecule has 3 heteroatoms. The average molecular weight is 151 g/mol. The molecule has 50 valence electrons. The zero-order valence-corrected chi connectivity index (χ0v) is 5.97. The van der Waals surface area contributed by atoms with Gasteiger partial charge in [-0.3, -0.25) is 0 Å². The zero-order chi connectivity index (χ0) is 7.40. The Hall–Kier alpha value is -1.14. The van der Waals surface area contributed by atoms with E-state index in [1.54, 1.807) is 6.07 Å². The van der Waals surface area contributed by atoms with Gasteiger partial charge in [-0.25, -0.2) is 0 Å². The van der Waals surface area contributed by atoms with Crippen LogP contribution in [0.2, 0.25) is 0 Å². The van der Waals surface area contributed by atoms with Crippen LogP contribution in [0.1, 0.15) is 11.5 Å². The van der Waals surface area contributed by atoms with Crippen LogP contribution in [0.3, 0.4) is 0 Å². The lowest BCUT2D eigenvalue weighted by Gasteiger charge is -1.92. The quantitative estimate of drug-likeness (QED) is 0.602. The van der Waals surface area contributed by atoms with Crippen LogP contribution in [0.5, 0.6) is 0 Å². The number of carbonyl (C=O) groups excluding carboxylic acids is 1. The second-order valence-corrected chi connectivity index (χ2v) is 2.58. The highest BCUT2D eigenvalue weighted by molar-refractivity contribution is 7.08. The van der Waals surface area contributed by atoms with Gasteiger partial charge in [0.15, 0.2) is 0 Å². The number of rotatable bonds is 2. The molecule has 0 saturated carbocycles. The van der Waals surface area contributed by atoms with Crippen molar-refractivity contribution in [2.75, 3.05) is 0 Å². The Kier molecular flexibility index (Phi) is 2.19. The molecular formula is C7H5NOS. The smallest absolute Gasteiger partial charge is 0.141 e. The summed E-state index contributed by atoms with van der Waals surface area (Å²) in [5.74, 6) is -0.578. The zero-order valence-electron chi connectivity index (χ0n) is 5.15. The van der Waals surface area contributed by atoms with Gasteiger partial charge in [-0.05, 0) is 22.4 Å². The number of nitriles is 1. The predicted molar refractivity (Wildman–Crippen MR) is 38.7 cm³/mol. The summed E-state index contributed by atoms with van der Waals surface area (Å²) in [6.07, 6.45) is 0.655. The third-order valence-electron chi connectivity index (χ3n) is 1.18. The fourth-order valence-electron chi connectivity index (χ4n) is 0.635. The van der Waals surface area contributed by atoms with Gasteiger partial charge >= 0.3 is 0 Å². The maximum Gasteiger partial charge on any atom is 0.141 e. The lowest BCUT2D eigenvalue weighted by molar-refractivity contribution is -0.108. The van der Waals surface area contributed by atoms with Gasteiger partial charge in [0.2, 0.25) is 0 Å². The van der Waals surface area contributed by atoms with E-state index in [0.29, 0.717) is 6.29 Å². The van der Waals surface area contributed by atoms with Crippen molar-refractivity contribution in [2.24, 2.45) is 0 Å². The second-order valence-electron chi connectivity index (χ2n) is 1.80. The molecule has 0 bridgehead atoms. The topological polar surface area (TPSA) is 40.9 Å². The van der Waals surface area contributed by atoms with Crippen LogP contribution in [-0.2, 0) is 4.79 Å². The van der Waals surface area contributed by atoms with Gasteiger partial charge < -0.3 is 4.79 Å². The molecule has 0 fully saturated rings. The van der Waals surface area contributed by atoms with E-state index in [1.165, 1.54) is 11.3 Å². The highest BCUT2D eigenvalue weighted by atomic mass is 32.1. The minimum atomic E-state index is -0.578. The molecule has 1 unspecified atom stereocenters. The van der Waals surface area contributed by atoms with Gasteiger partial charge in [-0.2, -0.15) is 16.6 Å². The Bertz CT molecular complexity index is 247. The first kappa shape index (κ1) is 6.97. The molecule has 1 heterocycles. The van der Waals surface area contributed by atoms with Gasteiger partial charge in [0.05, 0.1) is 6.07 Å². The van der Waals surface area contributed by atoms with Crippen LogP contribution >= 0.6 is 11.3 Å². The maximum absolute atomic E-state index is 10.2. The van der Waals surface area contributed by atoms with Crippen molar-refractivity contribution >= 4 is 17.6 Å². The highest BCUT2D eigenvalue weighted by Gasteiger charge is 2.07. The summed E-state index contributed by atoms with van der Waals surface area (Å²) >= 11 is 1.49. The minimum Gasteiger partial charge on any atom is -0.302 e.